The molecule has 0 saturated carbocycles. The van der Waals surface area contributed by atoms with Gasteiger partial charge in [-0.3, -0.25) is 4.68 Å². The van der Waals surface area contributed by atoms with Crippen molar-refractivity contribution < 1.29 is 4.74 Å². The van der Waals surface area contributed by atoms with Gasteiger partial charge in [-0.1, -0.05) is 13.8 Å². The van der Waals surface area contributed by atoms with E-state index in [-0.39, 0.29) is 0 Å². The number of rotatable bonds is 6. The summed E-state index contributed by atoms with van der Waals surface area (Å²) in [6.45, 7) is 5.01. The number of nitrogens with two attached hydrogens (primary N) is 1. The van der Waals surface area contributed by atoms with Crippen molar-refractivity contribution in [2.75, 3.05) is 25.2 Å². The molecule has 0 bridgehead atoms. The summed E-state index contributed by atoms with van der Waals surface area (Å²) in [6, 6.07) is 0. The van der Waals surface area contributed by atoms with E-state index in [2.05, 4.69) is 18.9 Å². The number of hydrogen-bond acceptors (Lipinski definition) is 4. The normalized spacial score (nSPS) is 11.3. The van der Waals surface area contributed by atoms with Crippen LogP contribution >= 0.6 is 11.8 Å². The summed E-state index contributed by atoms with van der Waals surface area (Å²) in [6.07, 6.45) is 1.03. The Labute approximate surface area is 102 Å². The quantitative estimate of drug-likeness (QED) is 0.615. The molecule has 1 heterocycles. The molecule has 0 unspecified atom stereocenters. The van der Waals surface area contributed by atoms with Gasteiger partial charge in [-0.05, 0) is 12.3 Å². The Morgan fingerprint density at radius 3 is 2.69 bits per heavy atom. The molecule has 4 nitrogen and oxygen atoms in total. The lowest BCUT2D eigenvalue weighted by Crippen LogP contribution is -1.96. The van der Waals surface area contributed by atoms with Gasteiger partial charge >= 0.3 is 0 Å². The lowest BCUT2D eigenvalue weighted by Gasteiger charge is -2.03. The number of anilines is 1. The van der Waals surface area contributed by atoms with E-state index >= 15 is 0 Å². The van der Waals surface area contributed by atoms with Crippen LogP contribution in [0.2, 0.25) is 0 Å². The van der Waals surface area contributed by atoms with Crippen LogP contribution < -0.4 is 5.73 Å². The smallest absolute Gasteiger partial charge is 0.117 e. The zero-order chi connectivity index (χ0) is 12.1. The fourth-order valence-corrected chi connectivity index (χ4v) is 2.46. The second-order valence-electron chi connectivity index (χ2n) is 4.08. The summed E-state index contributed by atoms with van der Waals surface area (Å²) in [7, 11) is 3.67. The summed E-state index contributed by atoms with van der Waals surface area (Å²) in [5.41, 5.74) is 7.91. The van der Waals surface area contributed by atoms with Crippen LogP contribution in [-0.4, -0.2) is 29.3 Å². The molecule has 0 aliphatic rings. The number of thioether (sulfide) groups is 1. The molecule has 0 aliphatic heterocycles. The van der Waals surface area contributed by atoms with Crippen LogP contribution in [0.25, 0.3) is 0 Å². The van der Waals surface area contributed by atoms with Crippen LogP contribution in [0.5, 0.6) is 0 Å². The lowest BCUT2D eigenvalue weighted by atomic mass is 10.1. The van der Waals surface area contributed by atoms with Gasteiger partial charge in [-0.25, -0.2) is 0 Å². The van der Waals surface area contributed by atoms with Crippen molar-refractivity contribution in [1.29, 1.82) is 0 Å². The fraction of sp³-hybridized carbons (Fsp3) is 0.727. The van der Waals surface area contributed by atoms with E-state index in [1.807, 2.05) is 11.7 Å². The van der Waals surface area contributed by atoms with Crippen molar-refractivity contribution in [3.8, 4) is 0 Å². The van der Waals surface area contributed by atoms with E-state index in [0.29, 0.717) is 5.92 Å². The molecule has 0 atom stereocenters. The highest BCUT2D eigenvalue weighted by Crippen LogP contribution is 2.31. The van der Waals surface area contributed by atoms with Crippen LogP contribution in [0.15, 0.2) is 5.03 Å². The van der Waals surface area contributed by atoms with Crippen molar-refractivity contribution in [1.82, 2.24) is 9.78 Å². The zero-order valence-corrected chi connectivity index (χ0v) is 11.3. The molecule has 0 fully saturated rings. The second kappa shape index (κ2) is 6.15. The molecule has 1 aromatic rings. The van der Waals surface area contributed by atoms with Gasteiger partial charge in [-0.2, -0.15) is 5.10 Å². The van der Waals surface area contributed by atoms with Crippen LogP contribution in [0.1, 0.15) is 31.9 Å². The molecule has 0 saturated heterocycles. The third-order valence-corrected chi connectivity index (χ3v) is 3.59. The van der Waals surface area contributed by atoms with Crippen molar-refractivity contribution in [2.45, 2.75) is 31.2 Å². The van der Waals surface area contributed by atoms with Gasteiger partial charge < -0.3 is 10.5 Å². The summed E-state index contributed by atoms with van der Waals surface area (Å²) in [5, 5.41) is 5.52. The molecule has 1 rings (SSSR count). The van der Waals surface area contributed by atoms with Crippen molar-refractivity contribution >= 4 is 17.4 Å². The minimum absolute atomic E-state index is 0.375. The standard InChI is InChI=1S/C11H21N3OS/c1-8(2)10-9(12)11(14(3)13-10)16-7-5-6-15-4/h8H,5-7,12H2,1-4H3. The highest BCUT2D eigenvalue weighted by Gasteiger charge is 2.15. The predicted molar refractivity (Wildman–Crippen MR) is 68.9 cm³/mol. The van der Waals surface area contributed by atoms with E-state index in [4.69, 9.17) is 10.5 Å². The number of nitrogens with zero attached hydrogens (tertiary/aromatic N) is 2. The van der Waals surface area contributed by atoms with Crippen molar-refractivity contribution in [2.24, 2.45) is 7.05 Å². The van der Waals surface area contributed by atoms with Crippen molar-refractivity contribution in [3.63, 3.8) is 0 Å². The van der Waals surface area contributed by atoms with Gasteiger partial charge in [0.15, 0.2) is 0 Å². The number of aromatic nitrogens is 2. The van der Waals surface area contributed by atoms with Gasteiger partial charge in [0.25, 0.3) is 0 Å². The van der Waals surface area contributed by atoms with E-state index in [9.17, 15) is 0 Å². The molecule has 0 amide bonds. The van der Waals surface area contributed by atoms with E-state index < -0.39 is 0 Å². The van der Waals surface area contributed by atoms with E-state index in [0.717, 1.165) is 35.2 Å². The summed E-state index contributed by atoms with van der Waals surface area (Å²) in [5.74, 6) is 1.38. The number of nitrogen functional groups attached to an aromatic ring is 1. The van der Waals surface area contributed by atoms with Crippen LogP contribution in [-0.2, 0) is 11.8 Å². The molecular weight excluding hydrogens is 222 g/mol. The maximum atomic E-state index is 6.08. The highest BCUT2D eigenvalue weighted by molar-refractivity contribution is 7.99. The van der Waals surface area contributed by atoms with Gasteiger partial charge in [0.1, 0.15) is 5.03 Å². The molecule has 0 aromatic carbocycles. The first-order chi connectivity index (χ1) is 7.57. The second-order valence-corrected chi connectivity index (χ2v) is 5.16. The fourth-order valence-electron chi connectivity index (χ4n) is 1.51. The summed E-state index contributed by atoms with van der Waals surface area (Å²) in [4.78, 5) is 0. The van der Waals surface area contributed by atoms with Gasteiger partial charge in [0.05, 0.1) is 11.4 Å². The molecule has 5 heteroatoms. The maximum absolute atomic E-state index is 6.08. The molecule has 16 heavy (non-hydrogen) atoms. The summed E-state index contributed by atoms with van der Waals surface area (Å²) < 4.78 is 6.89. The average Bonchev–Trinajstić information content (AvgIpc) is 2.51. The maximum Gasteiger partial charge on any atom is 0.117 e. The third kappa shape index (κ3) is 3.15. The van der Waals surface area contributed by atoms with Gasteiger partial charge in [0, 0.05) is 26.5 Å². The molecule has 2 N–H and O–H groups in total. The first-order valence-corrected chi connectivity index (χ1v) is 6.50. The van der Waals surface area contributed by atoms with Crippen molar-refractivity contribution in [3.05, 3.63) is 5.69 Å². The number of ether oxygens (including phenoxy) is 1. The van der Waals surface area contributed by atoms with Crippen LogP contribution in [0.4, 0.5) is 5.69 Å². The zero-order valence-electron chi connectivity index (χ0n) is 10.5. The Hall–Kier alpha value is -0.680. The minimum Gasteiger partial charge on any atom is -0.395 e. The highest BCUT2D eigenvalue weighted by atomic mass is 32.2. The van der Waals surface area contributed by atoms with Crippen LogP contribution in [0, 0.1) is 0 Å². The summed E-state index contributed by atoms with van der Waals surface area (Å²) >= 11 is 1.75. The average molecular weight is 243 g/mol. The lowest BCUT2D eigenvalue weighted by molar-refractivity contribution is 0.200. The molecule has 0 radical (unpaired) electrons. The molecule has 92 valence electrons. The number of methoxy groups -OCH3 is 1. The predicted octanol–water partition coefficient (Wildman–Crippen LogP) is 2.25. The molecular formula is C11H21N3OS. The number of aryl methyl sites for hydroxylation is 1. The first-order valence-electron chi connectivity index (χ1n) is 5.52. The van der Waals surface area contributed by atoms with Gasteiger partial charge in [0.2, 0.25) is 0 Å². The Morgan fingerprint density at radius 1 is 1.50 bits per heavy atom. The van der Waals surface area contributed by atoms with E-state index in [1.165, 1.54) is 0 Å². The monoisotopic (exact) mass is 243 g/mol. The van der Waals surface area contributed by atoms with Crippen LogP contribution in [0.3, 0.4) is 0 Å². The first kappa shape index (κ1) is 13.4. The Kier molecular flexibility index (Phi) is 5.15. The number of hydrogen-bond donors (Lipinski definition) is 1. The van der Waals surface area contributed by atoms with E-state index in [1.54, 1.807) is 18.9 Å². The third-order valence-electron chi connectivity index (χ3n) is 2.34. The van der Waals surface area contributed by atoms with Gasteiger partial charge in [-0.15, -0.1) is 11.8 Å². The Bertz CT molecular complexity index is 336. The SMILES string of the molecule is COCCCSc1c(N)c(C(C)C)nn1C. The topological polar surface area (TPSA) is 53.1 Å². The molecule has 0 aliphatic carbocycles. The minimum atomic E-state index is 0.375. The largest absolute Gasteiger partial charge is 0.395 e. The molecule has 0 spiro atoms. The molecule has 1 aromatic heterocycles. The Balaban J connectivity index is 2.65. The Morgan fingerprint density at radius 2 is 2.19 bits per heavy atom.